The molecule has 2 aromatic heterocycles. The Morgan fingerprint density at radius 1 is 1.52 bits per heavy atom. The van der Waals surface area contributed by atoms with E-state index in [4.69, 9.17) is 8.94 Å². The van der Waals surface area contributed by atoms with Crippen LogP contribution in [0.2, 0.25) is 0 Å². The summed E-state index contributed by atoms with van der Waals surface area (Å²) in [4.78, 5) is 16.7. The van der Waals surface area contributed by atoms with Gasteiger partial charge in [0.15, 0.2) is 12.1 Å². The second-order valence-corrected chi connectivity index (χ2v) is 5.70. The molecule has 21 heavy (non-hydrogen) atoms. The Balaban J connectivity index is 1.61. The van der Waals surface area contributed by atoms with E-state index < -0.39 is 5.54 Å². The van der Waals surface area contributed by atoms with Gasteiger partial charge >= 0.3 is 0 Å². The average molecular weight is 288 g/mol. The van der Waals surface area contributed by atoms with Crippen molar-refractivity contribution in [2.45, 2.75) is 37.8 Å². The molecule has 2 aliphatic rings. The highest BCUT2D eigenvalue weighted by molar-refractivity contribution is 5.94. The quantitative estimate of drug-likeness (QED) is 0.884. The summed E-state index contributed by atoms with van der Waals surface area (Å²) in [6, 6.07) is 0.0722. The highest BCUT2D eigenvalue weighted by Crippen LogP contribution is 2.45. The van der Waals surface area contributed by atoms with Crippen LogP contribution < -0.4 is 10.6 Å². The van der Waals surface area contributed by atoms with Gasteiger partial charge in [-0.05, 0) is 19.8 Å². The summed E-state index contributed by atoms with van der Waals surface area (Å²) in [5.74, 6) is 0.591. The van der Waals surface area contributed by atoms with Gasteiger partial charge in [-0.3, -0.25) is 4.79 Å². The topological polar surface area (TPSA) is 93.2 Å². The third-order valence-electron chi connectivity index (χ3n) is 4.28. The van der Waals surface area contributed by atoms with Crippen molar-refractivity contribution in [1.82, 2.24) is 20.8 Å². The molecular formula is C14H16N4O3. The van der Waals surface area contributed by atoms with Crippen molar-refractivity contribution in [1.29, 1.82) is 0 Å². The Morgan fingerprint density at radius 2 is 2.38 bits per heavy atom. The SMILES string of the molecule is CC1NCCc2onc(C(=O)NC3(c4cocn4)CC3)c21. The molecule has 1 unspecified atom stereocenters. The summed E-state index contributed by atoms with van der Waals surface area (Å²) in [7, 11) is 0. The Bertz CT molecular complexity index is 672. The van der Waals surface area contributed by atoms with E-state index in [1.807, 2.05) is 6.92 Å². The Kier molecular flexibility index (Phi) is 2.65. The van der Waals surface area contributed by atoms with Gasteiger partial charge in [-0.15, -0.1) is 0 Å². The number of hydrogen-bond donors (Lipinski definition) is 2. The van der Waals surface area contributed by atoms with Crippen molar-refractivity contribution < 1.29 is 13.7 Å². The van der Waals surface area contributed by atoms with Crippen LogP contribution in [0, 0.1) is 0 Å². The summed E-state index contributed by atoms with van der Waals surface area (Å²) >= 11 is 0. The lowest BCUT2D eigenvalue weighted by molar-refractivity contribution is 0.0919. The van der Waals surface area contributed by atoms with Crippen LogP contribution in [0.25, 0.3) is 0 Å². The van der Waals surface area contributed by atoms with E-state index >= 15 is 0 Å². The Hall–Kier alpha value is -2.15. The van der Waals surface area contributed by atoms with Gasteiger partial charge in [0, 0.05) is 24.6 Å². The van der Waals surface area contributed by atoms with Crippen molar-refractivity contribution >= 4 is 5.91 Å². The van der Waals surface area contributed by atoms with Crippen molar-refractivity contribution in [3.8, 4) is 0 Å². The zero-order valence-corrected chi connectivity index (χ0v) is 11.7. The Morgan fingerprint density at radius 3 is 3.10 bits per heavy atom. The highest BCUT2D eigenvalue weighted by atomic mass is 16.5. The van der Waals surface area contributed by atoms with E-state index in [1.165, 1.54) is 6.39 Å². The van der Waals surface area contributed by atoms with Gasteiger partial charge in [0.25, 0.3) is 5.91 Å². The first-order valence-corrected chi connectivity index (χ1v) is 7.13. The summed E-state index contributed by atoms with van der Waals surface area (Å²) in [6.07, 6.45) is 5.44. The summed E-state index contributed by atoms with van der Waals surface area (Å²) in [5, 5.41) is 10.3. The van der Waals surface area contributed by atoms with Gasteiger partial charge in [0.2, 0.25) is 0 Å². The van der Waals surface area contributed by atoms with Crippen LogP contribution in [0.5, 0.6) is 0 Å². The molecule has 0 bridgehead atoms. The molecule has 1 aliphatic carbocycles. The fourth-order valence-corrected chi connectivity index (χ4v) is 2.92. The molecule has 1 saturated carbocycles. The second-order valence-electron chi connectivity index (χ2n) is 5.70. The van der Waals surface area contributed by atoms with E-state index in [0.29, 0.717) is 5.69 Å². The highest BCUT2D eigenvalue weighted by Gasteiger charge is 2.48. The zero-order chi connectivity index (χ0) is 14.4. The zero-order valence-electron chi connectivity index (χ0n) is 11.7. The number of amides is 1. The summed E-state index contributed by atoms with van der Waals surface area (Å²) in [5.41, 5.74) is 1.61. The van der Waals surface area contributed by atoms with E-state index in [-0.39, 0.29) is 11.9 Å². The number of nitrogens with one attached hydrogen (secondary N) is 2. The van der Waals surface area contributed by atoms with E-state index in [1.54, 1.807) is 6.26 Å². The van der Waals surface area contributed by atoms with Crippen LogP contribution in [0.15, 0.2) is 21.6 Å². The third-order valence-corrected chi connectivity index (χ3v) is 4.28. The molecule has 1 fully saturated rings. The molecule has 0 aromatic carbocycles. The fourth-order valence-electron chi connectivity index (χ4n) is 2.92. The van der Waals surface area contributed by atoms with Crippen LogP contribution in [-0.2, 0) is 12.0 Å². The predicted molar refractivity (Wildman–Crippen MR) is 71.5 cm³/mol. The summed E-state index contributed by atoms with van der Waals surface area (Å²) in [6.45, 7) is 2.85. The van der Waals surface area contributed by atoms with Crippen LogP contribution in [0.1, 0.15) is 53.3 Å². The van der Waals surface area contributed by atoms with Crippen LogP contribution >= 0.6 is 0 Å². The van der Waals surface area contributed by atoms with Crippen LogP contribution in [0.3, 0.4) is 0 Å². The number of fused-ring (bicyclic) bond motifs is 1. The van der Waals surface area contributed by atoms with Gasteiger partial charge in [-0.25, -0.2) is 4.98 Å². The molecule has 0 saturated heterocycles. The van der Waals surface area contributed by atoms with Gasteiger partial charge < -0.3 is 19.6 Å². The molecule has 1 atom stereocenters. The van der Waals surface area contributed by atoms with Crippen LogP contribution in [0.4, 0.5) is 0 Å². The molecule has 2 N–H and O–H groups in total. The van der Waals surface area contributed by atoms with Gasteiger partial charge in [0.05, 0.1) is 5.54 Å². The number of hydrogen-bond acceptors (Lipinski definition) is 6. The van der Waals surface area contributed by atoms with Gasteiger partial charge in [0.1, 0.15) is 17.7 Å². The largest absolute Gasteiger partial charge is 0.451 e. The first-order valence-electron chi connectivity index (χ1n) is 7.13. The molecule has 7 heteroatoms. The number of carbonyl (C=O) groups is 1. The lowest BCUT2D eigenvalue weighted by Crippen LogP contribution is -2.37. The average Bonchev–Trinajstić information content (AvgIpc) is 2.95. The van der Waals surface area contributed by atoms with Crippen molar-refractivity contribution in [2.24, 2.45) is 0 Å². The number of aromatic nitrogens is 2. The smallest absolute Gasteiger partial charge is 0.274 e. The van der Waals surface area contributed by atoms with Crippen molar-refractivity contribution in [3.05, 3.63) is 35.4 Å². The molecule has 4 rings (SSSR count). The standard InChI is InChI=1S/C14H16N4O3/c1-8-11-9(2-5-15-8)21-18-12(11)13(19)17-14(3-4-14)10-6-20-7-16-10/h6-8,15H,2-5H2,1H3,(H,17,19). The molecule has 110 valence electrons. The van der Waals surface area contributed by atoms with Crippen molar-refractivity contribution in [3.63, 3.8) is 0 Å². The van der Waals surface area contributed by atoms with Crippen molar-refractivity contribution in [2.75, 3.05) is 6.54 Å². The minimum atomic E-state index is -0.402. The maximum Gasteiger partial charge on any atom is 0.274 e. The Labute approximate surface area is 121 Å². The molecule has 2 aromatic rings. The normalized spacial score (nSPS) is 22.6. The molecule has 7 nitrogen and oxygen atoms in total. The molecule has 3 heterocycles. The maximum atomic E-state index is 12.6. The first kappa shape index (κ1) is 12.6. The van der Waals surface area contributed by atoms with E-state index in [0.717, 1.165) is 42.8 Å². The predicted octanol–water partition coefficient (Wildman–Crippen LogP) is 1.29. The lowest BCUT2D eigenvalue weighted by Gasteiger charge is -2.20. The molecule has 1 aliphatic heterocycles. The second kappa shape index (κ2) is 4.42. The number of oxazole rings is 1. The van der Waals surface area contributed by atoms with Gasteiger partial charge in [-0.1, -0.05) is 5.16 Å². The number of nitrogens with zero attached hydrogens (tertiary/aromatic N) is 2. The fraction of sp³-hybridized carbons (Fsp3) is 0.500. The first-order chi connectivity index (χ1) is 10.2. The minimum Gasteiger partial charge on any atom is -0.451 e. The molecule has 0 radical (unpaired) electrons. The van der Waals surface area contributed by atoms with E-state index in [9.17, 15) is 4.79 Å². The molecular weight excluding hydrogens is 272 g/mol. The number of carbonyl (C=O) groups excluding carboxylic acids is 1. The van der Waals surface area contributed by atoms with Gasteiger partial charge in [-0.2, -0.15) is 0 Å². The third kappa shape index (κ3) is 1.96. The van der Waals surface area contributed by atoms with Crippen LogP contribution in [-0.4, -0.2) is 22.6 Å². The summed E-state index contributed by atoms with van der Waals surface area (Å²) < 4.78 is 10.3. The molecule has 0 spiro atoms. The number of rotatable bonds is 3. The van der Waals surface area contributed by atoms with E-state index in [2.05, 4.69) is 20.8 Å². The monoisotopic (exact) mass is 288 g/mol. The maximum absolute atomic E-state index is 12.6. The minimum absolute atomic E-state index is 0.0722. The lowest BCUT2D eigenvalue weighted by atomic mass is 10.00. The molecule has 1 amide bonds.